The number of nitrogens with one attached hydrogen (secondary N) is 1. The zero-order chi connectivity index (χ0) is 13.1. The van der Waals surface area contributed by atoms with Gasteiger partial charge in [-0.05, 0) is 41.0 Å². The van der Waals surface area contributed by atoms with Crippen molar-refractivity contribution >= 4 is 22.5 Å². The van der Waals surface area contributed by atoms with E-state index in [1.165, 1.54) is 34.3 Å². The van der Waals surface area contributed by atoms with Crippen molar-refractivity contribution in [3.63, 3.8) is 0 Å². The summed E-state index contributed by atoms with van der Waals surface area (Å²) in [6.45, 7) is 3.29. The molecule has 2 heteroatoms. The minimum Gasteiger partial charge on any atom is -0.313 e. The van der Waals surface area contributed by atoms with E-state index in [0.717, 1.165) is 12.5 Å². The van der Waals surface area contributed by atoms with Crippen molar-refractivity contribution in [2.75, 3.05) is 18.1 Å². The molecular weight excluding hydrogens is 250 g/mol. The van der Waals surface area contributed by atoms with E-state index in [9.17, 15) is 0 Å². The Hall–Kier alpha value is -0.990. The lowest BCUT2D eigenvalue weighted by Crippen LogP contribution is -2.36. The van der Waals surface area contributed by atoms with Gasteiger partial charge in [-0.2, -0.15) is 11.8 Å². The van der Waals surface area contributed by atoms with Crippen LogP contribution in [0, 0.1) is 5.92 Å². The molecule has 19 heavy (non-hydrogen) atoms. The molecule has 0 spiro atoms. The van der Waals surface area contributed by atoms with Crippen molar-refractivity contribution in [1.29, 1.82) is 0 Å². The van der Waals surface area contributed by atoms with Gasteiger partial charge in [0, 0.05) is 11.8 Å². The third kappa shape index (κ3) is 2.80. The van der Waals surface area contributed by atoms with Gasteiger partial charge in [0.1, 0.15) is 0 Å². The summed E-state index contributed by atoms with van der Waals surface area (Å²) in [5.41, 5.74) is 1.51. The van der Waals surface area contributed by atoms with E-state index in [4.69, 9.17) is 0 Å². The summed E-state index contributed by atoms with van der Waals surface area (Å²) in [7, 11) is 0. The minimum atomic E-state index is 0.689. The monoisotopic (exact) mass is 271 g/mol. The molecule has 0 radical (unpaired) electrons. The molecule has 1 heterocycles. The van der Waals surface area contributed by atoms with E-state index in [-0.39, 0.29) is 0 Å². The van der Waals surface area contributed by atoms with Crippen LogP contribution in [0.3, 0.4) is 0 Å². The van der Waals surface area contributed by atoms with Crippen molar-refractivity contribution in [3.8, 4) is 0 Å². The normalized spacial score (nSPS) is 23.0. The average Bonchev–Trinajstić information content (AvgIpc) is 2.87. The lowest BCUT2D eigenvalue weighted by Gasteiger charge is -2.20. The predicted molar refractivity (Wildman–Crippen MR) is 85.9 cm³/mol. The fourth-order valence-corrected chi connectivity index (χ4v) is 4.47. The van der Waals surface area contributed by atoms with Gasteiger partial charge in [0.05, 0.1) is 0 Å². The van der Waals surface area contributed by atoms with Gasteiger partial charge in [0.25, 0.3) is 0 Å². The molecule has 1 saturated heterocycles. The third-order valence-electron chi connectivity index (χ3n) is 4.03. The van der Waals surface area contributed by atoms with Crippen LogP contribution in [0.4, 0.5) is 0 Å². The van der Waals surface area contributed by atoms with Crippen LogP contribution >= 0.6 is 11.8 Å². The van der Waals surface area contributed by atoms with E-state index in [0.29, 0.717) is 6.04 Å². The summed E-state index contributed by atoms with van der Waals surface area (Å²) in [4.78, 5) is 0. The quantitative estimate of drug-likeness (QED) is 0.909. The molecule has 1 aliphatic rings. The Kier molecular flexibility index (Phi) is 4.09. The highest BCUT2D eigenvalue weighted by atomic mass is 32.2. The first-order chi connectivity index (χ1) is 9.38. The first-order valence-corrected chi connectivity index (χ1v) is 8.31. The molecular formula is C17H21NS. The van der Waals surface area contributed by atoms with Crippen molar-refractivity contribution < 1.29 is 0 Å². The Balaban J connectivity index is 1.85. The van der Waals surface area contributed by atoms with E-state index in [1.807, 2.05) is 0 Å². The molecule has 100 valence electrons. The number of thioether (sulfide) groups is 1. The summed E-state index contributed by atoms with van der Waals surface area (Å²) in [5.74, 6) is 3.33. The van der Waals surface area contributed by atoms with Crippen molar-refractivity contribution in [2.24, 2.45) is 5.92 Å². The smallest absolute Gasteiger partial charge is 0.0197 e. The highest BCUT2D eigenvalue weighted by Gasteiger charge is 2.27. The fourth-order valence-electron chi connectivity index (χ4n) is 3.04. The molecule has 0 saturated carbocycles. The van der Waals surface area contributed by atoms with Gasteiger partial charge in [0.15, 0.2) is 0 Å². The first-order valence-electron chi connectivity index (χ1n) is 7.16. The van der Waals surface area contributed by atoms with E-state index in [2.05, 4.69) is 66.5 Å². The molecule has 2 aromatic rings. The van der Waals surface area contributed by atoms with Crippen LogP contribution in [0.5, 0.6) is 0 Å². The van der Waals surface area contributed by atoms with E-state index >= 15 is 0 Å². The van der Waals surface area contributed by atoms with E-state index < -0.39 is 0 Å². The lowest BCUT2D eigenvalue weighted by atomic mass is 9.92. The van der Waals surface area contributed by atoms with Gasteiger partial charge in [0.2, 0.25) is 0 Å². The van der Waals surface area contributed by atoms with Crippen LogP contribution < -0.4 is 5.32 Å². The number of rotatable bonds is 4. The van der Waals surface area contributed by atoms with Crippen molar-refractivity contribution in [1.82, 2.24) is 5.32 Å². The maximum absolute atomic E-state index is 3.64. The summed E-state index contributed by atoms with van der Waals surface area (Å²) < 4.78 is 0. The second-order valence-corrected chi connectivity index (χ2v) is 6.38. The third-order valence-corrected chi connectivity index (χ3v) is 5.29. The van der Waals surface area contributed by atoms with Crippen LogP contribution in [0.2, 0.25) is 0 Å². The zero-order valence-electron chi connectivity index (χ0n) is 11.4. The fraction of sp³-hybridized carbons (Fsp3) is 0.412. The molecule has 2 aromatic carbocycles. The molecule has 0 aliphatic carbocycles. The van der Waals surface area contributed by atoms with Gasteiger partial charge in [-0.15, -0.1) is 0 Å². The second kappa shape index (κ2) is 5.98. The molecule has 0 amide bonds. The van der Waals surface area contributed by atoms with Gasteiger partial charge >= 0.3 is 0 Å². The largest absolute Gasteiger partial charge is 0.313 e. The van der Waals surface area contributed by atoms with Crippen molar-refractivity contribution in [3.05, 3.63) is 48.0 Å². The molecule has 1 nitrogen and oxygen atoms in total. The van der Waals surface area contributed by atoms with E-state index in [1.54, 1.807) is 0 Å². The van der Waals surface area contributed by atoms with Gasteiger partial charge in [-0.1, -0.05) is 49.4 Å². The number of fused-ring (bicyclic) bond motifs is 1. The summed E-state index contributed by atoms with van der Waals surface area (Å²) >= 11 is 2.09. The van der Waals surface area contributed by atoms with Gasteiger partial charge in [-0.3, -0.25) is 0 Å². The molecule has 1 N–H and O–H groups in total. The molecule has 2 unspecified atom stereocenters. The first kappa shape index (κ1) is 13.0. The SMILES string of the molecule is CCNC1CSCC1Cc1cccc2ccccc12. The predicted octanol–water partition coefficient (Wildman–Crippen LogP) is 3.72. The Morgan fingerprint density at radius 3 is 2.84 bits per heavy atom. The Morgan fingerprint density at radius 2 is 1.95 bits per heavy atom. The Labute approximate surface area is 119 Å². The van der Waals surface area contributed by atoms with Crippen LogP contribution in [-0.2, 0) is 6.42 Å². The van der Waals surface area contributed by atoms with Crippen LogP contribution in [0.1, 0.15) is 12.5 Å². The van der Waals surface area contributed by atoms with Gasteiger partial charge in [-0.25, -0.2) is 0 Å². The Bertz CT molecular complexity index is 546. The number of benzene rings is 2. The number of hydrogen-bond acceptors (Lipinski definition) is 2. The standard InChI is InChI=1S/C17H21NS/c1-2-18-17-12-19-11-15(17)10-14-8-5-7-13-6-3-4-9-16(13)14/h3-9,15,17-18H,2,10-12H2,1H3. The highest BCUT2D eigenvalue weighted by molar-refractivity contribution is 7.99. The lowest BCUT2D eigenvalue weighted by molar-refractivity contribution is 0.435. The summed E-state index contributed by atoms with van der Waals surface area (Å²) in [6, 6.07) is 16.1. The topological polar surface area (TPSA) is 12.0 Å². The molecule has 0 bridgehead atoms. The molecule has 1 fully saturated rings. The maximum Gasteiger partial charge on any atom is 0.0197 e. The summed E-state index contributed by atoms with van der Waals surface area (Å²) in [5, 5.41) is 6.44. The summed E-state index contributed by atoms with van der Waals surface area (Å²) in [6.07, 6.45) is 1.20. The maximum atomic E-state index is 3.64. The Morgan fingerprint density at radius 1 is 1.11 bits per heavy atom. The highest BCUT2D eigenvalue weighted by Crippen LogP contribution is 2.29. The van der Waals surface area contributed by atoms with Gasteiger partial charge < -0.3 is 5.32 Å². The molecule has 0 aromatic heterocycles. The number of hydrogen-bond donors (Lipinski definition) is 1. The van der Waals surface area contributed by atoms with Crippen LogP contribution in [0.15, 0.2) is 42.5 Å². The van der Waals surface area contributed by atoms with Crippen LogP contribution in [-0.4, -0.2) is 24.1 Å². The van der Waals surface area contributed by atoms with Crippen LogP contribution in [0.25, 0.3) is 10.8 Å². The van der Waals surface area contributed by atoms with Crippen molar-refractivity contribution in [2.45, 2.75) is 19.4 Å². The molecule has 3 rings (SSSR count). The molecule has 1 aliphatic heterocycles. The average molecular weight is 271 g/mol. The second-order valence-electron chi connectivity index (χ2n) is 5.30. The zero-order valence-corrected chi connectivity index (χ0v) is 12.2. The molecule has 2 atom stereocenters. The minimum absolute atomic E-state index is 0.689.